The van der Waals surface area contributed by atoms with Crippen LogP contribution in [0.5, 0.6) is 0 Å². The summed E-state index contributed by atoms with van der Waals surface area (Å²) in [6, 6.07) is 21.6. The Morgan fingerprint density at radius 3 is 2.44 bits per heavy atom. The number of benzene rings is 2. The molecule has 6 rings (SSSR count). The van der Waals surface area contributed by atoms with Gasteiger partial charge in [0.05, 0.1) is 17.5 Å². The Labute approximate surface area is 214 Å². The maximum Gasteiger partial charge on any atom is 0.227 e. The minimum absolute atomic E-state index is 0.0213. The van der Waals surface area contributed by atoms with Crippen LogP contribution in [0.1, 0.15) is 34.2 Å². The Kier molecular flexibility index (Phi) is 6.07. The number of ketones is 1. The predicted molar refractivity (Wildman–Crippen MR) is 142 cm³/mol. The van der Waals surface area contributed by atoms with Gasteiger partial charge in [-0.1, -0.05) is 35.9 Å². The molecular weight excluding hydrogens is 474 g/mol. The second-order valence-electron chi connectivity index (χ2n) is 9.18. The molecule has 7 nitrogen and oxygen atoms in total. The van der Waals surface area contributed by atoms with Gasteiger partial charge in [-0.2, -0.15) is 4.98 Å². The second-order valence-corrected chi connectivity index (χ2v) is 9.62. The molecule has 2 aromatic heterocycles. The van der Waals surface area contributed by atoms with Crippen LogP contribution in [-0.4, -0.2) is 41.9 Å². The summed E-state index contributed by atoms with van der Waals surface area (Å²) in [6.07, 6.45) is 2.67. The van der Waals surface area contributed by atoms with E-state index in [1.807, 2.05) is 60.7 Å². The summed E-state index contributed by atoms with van der Waals surface area (Å²) in [6.45, 7) is 3.20. The summed E-state index contributed by atoms with van der Waals surface area (Å²) >= 11 is 6.20. The van der Waals surface area contributed by atoms with Crippen molar-refractivity contribution in [3.05, 3.63) is 95.0 Å². The molecule has 1 saturated heterocycles. The fourth-order valence-electron chi connectivity index (χ4n) is 5.02. The van der Waals surface area contributed by atoms with Crippen LogP contribution in [0.15, 0.2) is 77.4 Å². The Morgan fingerprint density at radius 2 is 1.69 bits per heavy atom. The van der Waals surface area contributed by atoms with Gasteiger partial charge in [-0.15, -0.1) is 0 Å². The summed E-state index contributed by atoms with van der Waals surface area (Å²) in [5.74, 6) is 2.05. The number of carbonyl (C=O) groups excluding carboxylic acids is 1. The van der Waals surface area contributed by atoms with Gasteiger partial charge in [-0.3, -0.25) is 4.79 Å². The molecule has 3 heterocycles. The summed E-state index contributed by atoms with van der Waals surface area (Å²) in [5, 5.41) is 4.12. The number of aromatic nitrogens is 2. The highest BCUT2D eigenvalue weighted by atomic mass is 35.5. The molecule has 1 aliphatic heterocycles. The third-order valence-corrected chi connectivity index (χ3v) is 7.08. The van der Waals surface area contributed by atoms with Crippen molar-refractivity contribution in [1.82, 2.24) is 9.97 Å². The van der Waals surface area contributed by atoms with E-state index < -0.39 is 0 Å². The fourth-order valence-corrected chi connectivity index (χ4v) is 5.20. The van der Waals surface area contributed by atoms with E-state index in [9.17, 15) is 4.79 Å². The minimum atomic E-state index is -0.0213. The quantitative estimate of drug-likeness (QED) is 0.377. The number of rotatable bonds is 5. The van der Waals surface area contributed by atoms with E-state index >= 15 is 0 Å². The van der Waals surface area contributed by atoms with Crippen molar-refractivity contribution in [3.8, 4) is 0 Å². The molecule has 0 spiro atoms. The number of para-hydroxylation sites is 1. The third-order valence-electron chi connectivity index (χ3n) is 6.84. The van der Waals surface area contributed by atoms with Gasteiger partial charge in [-0.05, 0) is 42.5 Å². The maximum absolute atomic E-state index is 13.3. The van der Waals surface area contributed by atoms with Crippen molar-refractivity contribution < 1.29 is 9.21 Å². The fraction of sp³-hybridized carbons (Fsp3) is 0.250. The van der Waals surface area contributed by atoms with Gasteiger partial charge in [0.15, 0.2) is 5.78 Å². The van der Waals surface area contributed by atoms with Gasteiger partial charge in [-0.25, -0.2) is 4.98 Å². The van der Waals surface area contributed by atoms with Gasteiger partial charge in [0, 0.05) is 61.3 Å². The molecule has 0 bridgehead atoms. The first-order valence-corrected chi connectivity index (χ1v) is 12.6. The lowest BCUT2D eigenvalue weighted by Crippen LogP contribution is -2.47. The molecule has 1 atom stereocenters. The van der Waals surface area contributed by atoms with Crippen LogP contribution in [0.4, 0.5) is 23.1 Å². The molecule has 2 aromatic carbocycles. The minimum Gasteiger partial charge on any atom is -0.469 e. The Balaban J connectivity index is 1.31. The molecule has 1 unspecified atom stereocenters. The zero-order valence-electron chi connectivity index (χ0n) is 19.7. The molecule has 1 N–H and O–H groups in total. The molecule has 36 heavy (non-hydrogen) atoms. The molecule has 0 radical (unpaired) electrons. The third kappa shape index (κ3) is 4.54. The number of piperazine rings is 1. The van der Waals surface area contributed by atoms with E-state index in [4.69, 9.17) is 26.0 Å². The van der Waals surface area contributed by atoms with Crippen LogP contribution < -0.4 is 15.1 Å². The Bertz CT molecular complexity index is 1370. The predicted octanol–water partition coefficient (Wildman–Crippen LogP) is 5.71. The van der Waals surface area contributed by atoms with Crippen molar-refractivity contribution in [2.24, 2.45) is 0 Å². The van der Waals surface area contributed by atoms with Crippen LogP contribution in [-0.2, 0) is 6.42 Å². The number of nitrogens with zero attached hydrogens (tertiary/aromatic N) is 4. The molecule has 182 valence electrons. The first-order chi connectivity index (χ1) is 17.6. The Hall–Kier alpha value is -3.84. The van der Waals surface area contributed by atoms with Gasteiger partial charge in [0.25, 0.3) is 0 Å². The van der Waals surface area contributed by atoms with Crippen LogP contribution in [0.2, 0.25) is 5.02 Å². The van der Waals surface area contributed by atoms with Crippen molar-refractivity contribution in [1.29, 1.82) is 0 Å². The number of halogens is 1. The number of furan rings is 1. The summed E-state index contributed by atoms with van der Waals surface area (Å²) in [4.78, 5) is 27.6. The highest BCUT2D eigenvalue weighted by molar-refractivity contribution is 6.30. The average Bonchev–Trinajstić information content (AvgIpc) is 3.44. The van der Waals surface area contributed by atoms with Gasteiger partial charge < -0.3 is 19.5 Å². The standard InChI is InChI=1S/C28H26ClN5O2/c29-20-6-4-9-22(18-20)33-11-13-34(14-12-33)28-31-23-16-19(25-10-5-15-36-25)17-24(35)26(23)27(32-28)30-21-7-2-1-3-8-21/h1-10,15,18-19H,11-14,16-17H2,(H,30,31,32). The van der Waals surface area contributed by atoms with Gasteiger partial charge in [0.2, 0.25) is 5.95 Å². The molecule has 0 amide bonds. The molecule has 0 saturated carbocycles. The van der Waals surface area contributed by atoms with Gasteiger partial charge >= 0.3 is 0 Å². The van der Waals surface area contributed by atoms with Crippen molar-refractivity contribution >= 4 is 40.5 Å². The lowest BCUT2D eigenvalue weighted by atomic mass is 9.84. The number of carbonyl (C=O) groups is 1. The number of nitrogens with one attached hydrogen (secondary N) is 1. The van der Waals surface area contributed by atoms with E-state index in [-0.39, 0.29) is 11.7 Å². The van der Waals surface area contributed by atoms with Gasteiger partial charge in [0.1, 0.15) is 11.6 Å². The molecule has 8 heteroatoms. The van der Waals surface area contributed by atoms with E-state index in [0.29, 0.717) is 30.2 Å². The number of Topliss-reactive ketones (excluding diaryl/α,β-unsaturated/α-hetero) is 1. The van der Waals surface area contributed by atoms with E-state index in [2.05, 4.69) is 21.2 Å². The molecular formula is C28H26ClN5O2. The van der Waals surface area contributed by atoms with E-state index in [1.54, 1.807) is 6.26 Å². The van der Waals surface area contributed by atoms with Crippen LogP contribution in [0.3, 0.4) is 0 Å². The first-order valence-electron chi connectivity index (χ1n) is 12.2. The zero-order chi connectivity index (χ0) is 24.5. The summed E-state index contributed by atoms with van der Waals surface area (Å²) in [5.41, 5.74) is 3.36. The average molecular weight is 500 g/mol. The number of hydrogen-bond donors (Lipinski definition) is 1. The van der Waals surface area contributed by atoms with Crippen LogP contribution >= 0.6 is 11.6 Å². The number of anilines is 4. The van der Waals surface area contributed by atoms with Crippen molar-refractivity contribution in [2.75, 3.05) is 41.3 Å². The van der Waals surface area contributed by atoms with E-state index in [0.717, 1.165) is 54.0 Å². The molecule has 1 fully saturated rings. The topological polar surface area (TPSA) is 74.5 Å². The normalized spacial score (nSPS) is 17.7. The lowest BCUT2D eigenvalue weighted by Gasteiger charge is -2.36. The largest absolute Gasteiger partial charge is 0.469 e. The van der Waals surface area contributed by atoms with Crippen LogP contribution in [0.25, 0.3) is 0 Å². The summed E-state index contributed by atoms with van der Waals surface area (Å²) < 4.78 is 5.63. The molecule has 4 aromatic rings. The van der Waals surface area contributed by atoms with Crippen molar-refractivity contribution in [3.63, 3.8) is 0 Å². The Morgan fingerprint density at radius 1 is 0.889 bits per heavy atom. The highest BCUT2D eigenvalue weighted by Crippen LogP contribution is 2.36. The monoisotopic (exact) mass is 499 g/mol. The number of fused-ring (bicyclic) bond motifs is 1. The highest BCUT2D eigenvalue weighted by Gasteiger charge is 2.33. The SMILES string of the molecule is O=C1CC(c2ccco2)Cc2nc(N3CCN(c4cccc(Cl)c4)CC3)nc(Nc3ccccc3)c21. The summed E-state index contributed by atoms with van der Waals surface area (Å²) in [7, 11) is 0. The molecule has 1 aliphatic carbocycles. The lowest BCUT2D eigenvalue weighted by molar-refractivity contribution is 0.0959. The smallest absolute Gasteiger partial charge is 0.227 e. The maximum atomic E-state index is 13.3. The van der Waals surface area contributed by atoms with E-state index in [1.165, 1.54) is 0 Å². The van der Waals surface area contributed by atoms with Crippen molar-refractivity contribution in [2.45, 2.75) is 18.8 Å². The molecule has 2 aliphatic rings. The van der Waals surface area contributed by atoms with Crippen LogP contribution in [0, 0.1) is 0 Å². The second kappa shape index (κ2) is 9.66. The first kappa shape index (κ1) is 22.6. The number of hydrogen-bond acceptors (Lipinski definition) is 7. The zero-order valence-corrected chi connectivity index (χ0v) is 20.5.